The van der Waals surface area contributed by atoms with Crippen molar-refractivity contribution in [2.75, 3.05) is 21.3 Å². The Morgan fingerprint density at radius 2 is 1.39 bits per heavy atom. The Morgan fingerprint density at radius 1 is 0.857 bits per heavy atom. The third-order valence-corrected chi connectivity index (χ3v) is 5.38. The number of methoxy groups -OCH3 is 3. The van der Waals surface area contributed by atoms with Crippen LogP contribution in [0.25, 0.3) is 5.57 Å². The maximum atomic E-state index is 13.0. The van der Waals surface area contributed by atoms with Crippen molar-refractivity contribution in [2.24, 2.45) is 5.41 Å². The number of carbonyl (C=O) groups is 2. The number of benzene rings is 2. The highest BCUT2D eigenvalue weighted by Crippen LogP contribution is 2.50. The minimum atomic E-state index is -1.52. The van der Waals surface area contributed by atoms with E-state index >= 15 is 0 Å². The van der Waals surface area contributed by atoms with Crippen LogP contribution < -0.4 is 0 Å². The fourth-order valence-corrected chi connectivity index (χ4v) is 3.99. The van der Waals surface area contributed by atoms with E-state index in [1.165, 1.54) is 14.2 Å². The molecule has 3 rings (SSSR count). The number of carbonyl (C=O) groups excluding carboxylic acids is 2. The molecule has 0 spiro atoms. The van der Waals surface area contributed by atoms with Gasteiger partial charge in [-0.2, -0.15) is 0 Å². The SMILES string of the molecule is COC(=O)C1(C(=O)OC)C[C@H](OC)C(c2ccccc2)=C[C@H]1c1ccccc1. The lowest BCUT2D eigenvalue weighted by molar-refractivity contribution is -0.173. The summed E-state index contributed by atoms with van der Waals surface area (Å²) in [5.41, 5.74) is 1.23. The van der Waals surface area contributed by atoms with Crippen LogP contribution in [-0.4, -0.2) is 39.4 Å². The Balaban J connectivity index is 2.26. The second-order valence-corrected chi connectivity index (χ2v) is 6.76. The summed E-state index contributed by atoms with van der Waals surface area (Å²) in [6.45, 7) is 0. The van der Waals surface area contributed by atoms with Gasteiger partial charge < -0.3 is 14.2 Å². The molecule has 2 aromatic carbocycles. The number of hydrogen-bond donors (Lipinski definition) is 0. The monoisotopic (exact) mass is 380 g/mol. The highest BCUT2D eigenvalue weighted by Gasteiger charge is 2.58. The molecule has 146 valence electrons. The molecule has 2 aromatic rings. The van der Waals surface area contributed by atoms with Crippen molar-refractivity contribution in [1.29, 1.82) is 0 Å². The Morgan fingerprint density at radius 3 is 1.89 bits per heavy atom. The fraction of sp³-hybridized carbons (Fsp3) is 0.304. The molecule has 28 heavy (non-hydrogen) atoms. The number of hydrogen-bond acceptors (Lipinski definition) is 5. The number of esters is 2. The van der Waals surface area contributed by atoms with E-state index in [1.54, 1.807) is 7.11 Å². The lowest BCUT2D eigenvalue weighted by atomic mass is 9.63. The Labute approximate surface area is 164 Å². The van der Waals surface area contributed by atoms with Crippen LogP contribution in [-0.2, 0) is 23.8 Å². The third-order valence-electron chi connectivity index (χ3n) is 5.38. The summed E-state index contributed by atoms with van der Waals surface area (Å²) in [5, 5.41) is 0. The summed E-state index contributed by atoms with van der Waals surface area (Å²) in [5.74, 6) is -1.80. The fourth-order valence-electron chi connectivity index (χ4n) is 3.99. The number of allylic oxidation sites excluding steroid dienone is 1. The molecule has 2 atom stereocenters. The molecular weight excluding hydrogens is 356 g/mol. The molecule has 0 unspecified atom stereocenters. The van der Waals surface area contributed by atoms with Crippen LogP contribution in [0.4, 0.5) is 0 Å². The van der Waals surface area contributed by atoms with Gasteiger partial charge in [-0.25, -0.2) is 0 Å². The van der Waals surface area contributed by atoms with E-state index in [2.05, 4.69) is 0 Å². The van der Waals surface area contributed by atoms with Gasteiger partial charge >= 0.3 is 11.9 Å². The van der Waals surface area contributed by atoms with Gasteiger partial charge in [-0.15, -0.1) is 0 Å². The van der Waals surface area contributed by atoms with Crippen LogP contribution >= 0.6 is 0 Å². The van der Waals surface area contributed by atoms with Gasteiger partial charge in [0.1, 0.15) is 0 Å². The van der Waals surface area contributed by atoms with Crippen molar-refractivity contribution in [3.8, 4) is 0 Å². The minimum Gasteiger partial charge on any atom is -0.468 e. The molecule has 5 heteroatoms. The van der Waals surface area contributed by atoms with Crippen LogP contribution in [0.2, 0.25) is 0 Å². The molecule has 0 saturated heterocycles. The zero-order chi connectivity index (χ0) is 20.1. The van der Waals surface area contributed by atoms with Crippen molar-refractivity contribution in [3.05, 3.63) is 77.9 Å². The maximum absolute atomic E-state index is 13.0. The van der Waals surface area contributed by atoms with Crippen LogP contribution in [0.1, 0.15) is 23.5 Å². The standard InChI is InChI=1S/C23H24O5/c1-26-20-15-23(21(24)27-2,22(25)28-3)19(17-12-8-5-9-13-17)14-18(20)16-10-6-4-7-11-16/h4-14,19-20H,15H2,1-3H3/t19-,20-/m0/s1. The van der Waals surface area contributed by atoms with Crippen LogP contribution in [0.15, 0.2) is 66.7 Å². The Kier molecular flexibility index (Phi) is 5.95. The first-order valence-corrected chi connectivity index (χ1v) is 9.10. The summed E-state index contributed by atoms with van der Waals surface area (Å²) in [6, 6.07) is 19.3. The largest absolute Gasteiger partial charge is 0.468 e. The lowest BCUT2D eigenvalue weighted by Gasteiger charge is -2.41. The van der Waals surface area contributed by atoms with Gasteiger partial charge in [0, 0.05) is 19.4 Å². The topological polar surface area (TPSA) is 61.8 Å². The molecule has 0 aliphatic heterocycles. The van der Waals surface area contributed by atoms with Gasteiger partial charge in [0.15, 0.2) is 5.41 Å². The highest BCUT2D eigenvalue weighted by atomic mass is 16.5. The van der Waals surface area contributed by atoms with E-state index in [1.807, 2.05) is 66.7 Å². The van der Waals surface area contributed by atoms with Gasteiger partial charge in [0.05, 0.1) is 20.3 Å². The quantitative estimate of drug-likeness (QED) is 0.586. The molecule has 0 saturated carbocycles. The van der Waals surface area contributed by atoms with Gasteiger partial charge in [0.25, 0.3) is 0 Å². The average molecular weight is 380 g/mol. The van der Waals surface area contributed by atoms with Crippen molar-refractivity contribution in [2.45, 2.75) is 18.4 Å². The molecule has 0 N–H and O–H groups in total. The molecular formula is C23H24O5. The lowest BCUT2D eigenvalue weighted by Crippen LogP contribution is -2.50. The van der Waals surface area contributed by atoms with Gasteiger partial charge in [0.2, 0.25) is 0 Å². The molecule has 0 aromatic heterocycles. The van der Waals surface area contributed by atoms with Crippen molar-refractivity contribution in [3.63, 3.8) is 0 Å². The van der Waals surface area contributed by atoms with Gasteiger partial charge in [-0.05, 0) is 16.7 Å². The van der Waals surface area contributed by atoms with Gasteiger partial charge in [-0.1, -0.05) is 66.7 Å². The smallest absolute Gasteiger partial charge is 0.324 e. The van der Waals surface area contributed by atoms with E-state index < -0.39 is 29.4 Å². The molecule has 0 heterocycles. The average Bonchev–Trinajstić information content (AvgIpc) is 2.78. The first-order chi connectivity index (χ1) is 13.6. The summed E-state index contributed by atoms with van der Waals surface area (Å²) in [7, 11) is 4.14. The zero-order valence-electron chi connectivity index (χ0n) is 16.3. The molecule has 0 fully saturated rings. The van der Waals surface area contributed by atoms with Crippen LogP contribution in [0.5, 0.6) is 0 Å². The maximum Gasteiger partial charge on any atom is 0.324 e. The summed E-state index contributed by atoms with van der Waals surface area (Å²) < 4.78 is 15.9. The van der Waals surface area contributed by atoms with E-state index in [4.69, 9.17) is 14.2 Å². The number of rotatable bonds is 5. The third kappa shape index (κ3) is 3.34. The normalized spacial score (nSPS) is 20.8. The highest BCUT2D eigenvalue weighted by molar-refractivity contribution is 6.03. The zero-order valence-corrected chi connectivity index (χ0v) is 16.3. The van der Waals surface area contributed by atoms with Crippen LogP contribution in [0.3, 0.4) is 0 Å². The first kappa shape index (κ1) is 19.8. The van der Waals surface area contributed by atoms with Crippen LogP contribution in [0, 0.1) is 5.41 Å². The number of ether oxygens (including phenoxy) is 3. The first-order valence-electron chi connectivity index (χ1n) is 9.10. The molecule has 0 bridgehead atoms. The Hall–Kier alpha value is -2.92. The van der Waals surface area contributed by atoms with E-state index in [0.717, 1.165) is 16.7 Å². The molecule has 1 aliphatic rings. The van der Waals surface area contributed by atoms with E-state index in [-0.39, 0.29) is 6.42 Å². The molecule has 0 radical (unpaired) electrons. The summed E-state index contributed by atoms with van der Waals surface area (Å²) in [6.07, 6.45) is 1.61. The second-order valence-electron chi connectivity index (χ2n) is 6.76. The van der Waals surface area contributed by atoms with Gasteiger partial charge in [-0.3, -0.25) is 9.59 Å². The van der Waals surface area contributed by atoms with E-state index in [9.17, 15) is 9.59 Å². The minimum absolute atomic E-state index is 0.128. The molecule has 0 amide bonds. The summed E-state index contributed by atoms with van der Waals surface area (Å²) >= 11 is 0. The van der Waals surface area contributed by atoms with Crippen molar-refractivity contribution < 1.29 is 23.8 Å². The van der Waals surface area contributed by atoms with Crippen molar-refractivity contribution >= 4 is 17.5 Å². The summed E-state index contributed by atoms with van der Waals surface area (Å²) in [4.78, 5) is 25.9. The molecule has 1 aliphatic carbocycles. The van der Waals surface area contributed by atoms with E-state index in [0.29, 0.717) is 0 Å². The molecule has 5 nitrogen and oxygen atoms in total. The Bertz CT molecular complexity index is 841. The second kappa shape index (κ2) is 8.40. The predicted octanol–water partition coefficient (Wildman–Crippen LogP) is 3.60. The predicted molar refractivity (Wildman–Crippen MR) is 105 cm³/mol. The van der Waals surface area contributed by atoms with Crippen molar-refractivity contribution in [1.82, 2.24) is 0 Å².